The Kier molecular flexibility index (Phi) is 6.90. The Bertz CT molecular complexity index is 875. The highest BCUT2D eigenvalue weighted by molar-refractivity contribution is 5.85. The average Bonchev–Trinajstić information content (AvgIpc) is 3.27. The molecule has 1 atom stereocenters. The maximum Gasteiger partial charge on any atom is 0.230 e. The van der Waals surface area contributed by atoms with Gasteiger partial charge >= 0.3 is 0 Å². The predicted molar refractivity (Wildman–Crippen MR) is 121 cm³/mol. The van der Waals surface area contributed by atoms with Crippen molar-refractivity contribution in [3.05, 3.63) is 65.7 Å². The lowest BCUT2D eigenvalue weighted by atomic mass is 9.83. The summed E-state index contributed by atoms with van der Waals surface area (Å²) in [5.74, 6) is 1.43. The summed E-state index contributed by atoms with van der Waals surface area (Å²) in [6.45, 7) is 2.24. The topological polar surface area (TPSA) is 49.9 Å². The third-order valence-electron chi connectivity index (χ3n) is 6.73. The zero-order chi connectivity index (χ0) is 21.6. The standard InChI is InChI=1S/C26H32N2O3/c1-31-23-13-11-20(12-14-23)19-28-18-17-27(16-15-24(28)29)26(30)25(22-9-5-6-10-22)21-7-3-2-4-8-21/h2-4,7-8,11-14,22,25H,5-6,9-10,15-19H2,1H3. The van der Waals surface area contributed by atoms with E-state index in [1.54, 1.807) is 7.11 Å². The lowest BCUT2D eigenvalue weighted by Gasteiger charge is -2.30. The average molecular weight is 421 g/mol. The monoisotopic (exact) mass is 420 g/mol. The van der Waals surface area contributed by atoms with Gasteiger partial charge in [-0.25, -0.2) is 0 Å². The number of methoxy groups -OCH3 is 1. The van der Waals surface area contributed by atoms with Crippen molar-refractivity contribution < 1.29 is 14.3 Å². The Morgan fingerprint density at radius 3 is 2.39 bits per heavy atom. The molecule has 2 aromatic rings. The molecule has 1 aliphatic heterocycles. The summed E-state index contributed by atoms with van der Waals surface area (Å²) in [4.78, 5) is 30.2. The Morgan fingerprint density at radius 2 is 1.71 bits per heavy atom. The summed E-state index contributed by atoms with van der Waals surface area (Å²) in [6, 6.07) is 18.0. The molecule has 5 heteroatoms. The highest BCUT2D eigenvalue weighted by Gasteiger charge is 2.35. The molecule has 0 aromatic heterocycles. The smallest absolute Gasteiger partial charge is 0.230 e. The number of amides is 2. The van der Waals surface area contributed by atoms with Crippen molar-refractivity contribution in [1.29, 1.82) is 0 Å². The normalized spacial score (nSPS) is 18.7. The molecule has 2 aromatic carbocycles. The largest absolute Gasteiger partial charge is 0.497 e. The molecule has 1 aliphatic carbocycles. The molecular weight excluding hydrogens is 388 g/mol. The molecule has 5 nitrogen and oxygen atoms in total. The second-order valence-corrected chi connectivity index (χ2v) is 8.67. The number of rotatable bonds is 6. The van der Waals surface area contributed by atoms with Crippen LogP contribution in [-0.4, -0.2) is 48.4 Å². The molecule has 2 fully saturated rings. The number of carbonyl (C=O) groups is 2. The number of hydrogen-bond acceptors (Lipinski definition) is 3. The van der Waals surface area contributed by atoms with Crippen LogP contribution in [0.15, 0.2) is 54.6 Å². The van der Waals surface area contributed by atoms with Crippen LogP contribution in [0.4, 0.5) is 0 Å². The Morgan fingerprint density at radius 1 is 1.00 bits per heavy atom. The molecule has 4 rings (SSSR count). The van der Waals surface area contributed by atoms with Gasteiger partial charge in [-0.15, -0.1) is 0 Å². The van der Waals surface area contributed by atoms with Crippen LogP contribution >= 0.6 is 0 Å². The zero-order valence-electron chi connectivity index (χ0n) is 18.3. The fourth-order valence-electron chi connectivity index (χ4n) is 4.97. The van der Waals surface area contributed by atoms with Gasteiger partial charge in [0.05, 0.1) is 13.0 Å². The Balaban J connectivity index is 1.45. The lowest BCUT2D eigenvalue weighted by Crippen LogP contribution is -2.40. The molecule has 2 aliphatic rings. The van der Waals surface area contributed by atoms with Gasteiger partial charge in [-0.3, -0.25) is 9.59 Å². The summed E-state index contributed by atoms with van der Waals surface area (Å²) in [5, 5.41) is 0. The van der Waals surface area contributed by atoms with Crippen molar-refractivity contribution in [2.75, 3.05) is 26.7 Å². The van der Waals surface area contributed by atoms with Crippen LogP contribution in [0.1, 0.15) is 49.1 Å². The van der Waals surface area contributed by atoms with E-state index >= 15 is 0 Å². The first kappa shape index (κ1) is 21.4. The van der Waals surface area contributed by atoms with Gasteiger partial charge in [0, 0.05) is 32.6 Å². The van der Waals surface area contributed by atoms with Crippen LogP contribution in [0.2, 0.25) is 0 Å². The van der Waals surface area contributed by atoms with Crippen molar-refractivity contribution in [2.24, 2.45) is 5.92 Å². The number of hydrogen-bond donors (Lipinski definition) is 0. The second kappa shape index (κ2) is 9.99. The SMILES string of the molecule is COc1ccc(CN2CCN(C(=O)C(c3ccccc3)C3CCCC3)CCC2=O)cc1. The maximum atomic E-state index is 13.7. The van der Waals surface area contributed by atoms with Gasteiger partial charge in [0.25, 0.3) is 0 Å². The van der Waals surface area contributed by atoms with Crippen LogP contribution in [0.3, 0.4) is 0 Å². The van der Waals surface area contributed by atoms with Crippen LogP contribution in [0.25, 0.3) is 0 Å². The van der Waals surface area contributed by atoms with Crippen LogP contribution in [0.5, 0.6) is 5.75 Å². The molecule has 1 saturated carbocycles. The molecule has 0 spiro atoms. The third-order valence-corrected chi connectivity index (χ3v) is 6.73. The predicted octanol–water partition coefficient (Wildman–Crippen LogP) is 4.23. The quantitative estimate of drug-likeness (QED) is 0.703. The summed E-state index contributed by atoms with van der Waals surface area (Å²) < 4.78 is 5.22. The van der Waals surface area contributed by atoms with Gasteiger partial charge in [0.2, 0.25) is 11.8 Å². The lowest BCUT2D eigenvalue weighted by molar-refractivity contribution is -0.134. The number of benzene rings is 2. The fraction of sp³-hybridized carbons (Fsp3) is 0.462. The molecule has 164 valence electrons. The fourth-order valence-corrected chi connectivity index (χ4v) is 4.97. The summed E-state index contributed by atoms with van der Waals surface area (Å²) in [6.07, 6.45) is 5.02. The highest BCUT2D eigenvalue weighted by Crippen LogP contribution is 2.38. The van der Waals surface area contributed by atoms with Crippen molar-refractivity contribution in [3.8, 4) is 5.75 Å². The van der Waals surface area contributed by atoms with E-state index in [2.05, 4.69) is 12.1 Å². The van der Waals surface area contributed by atoms with E-state index in [1.807, 2.05) is 52.3 Å². The number of ether oxygens (including phenoxy) is 1. The van der Waals surface area contributed by atoms with E-state index in [-0.39, 0.29) is 17.7 Å². The van der Waals surface area contributed by atoms with Crippen molar-refractivity contribution in [1.82, 2.24) is 9.80 Å². The van der Waals surface area contributed by atoms with Crippen molar-refractivity contribution in [3.63, 3.8) is 0 Å². The molecule has 31 heavy (non-hydrogen) atoms. The Hall–Kier alpha value is -2.82. The van der Waals surface area contributed by atoms with Crippen LogP contribution in [0, 0.1) is 5.92 Å². The van der Waals surface area contributed by atoms with Crippen molar-refractivity contribution >= 4 is 11.8 Å². The molecule has 0 bridgehead atoms. The van der Waals surface area contributed by atoms with E-state index < -0.39 is 0 Å². The minimum absolute atomic E-state index is 0.0908. The highest BCUT2D eigenvalue weighted by atomic mass is 16.5. The maximum absolute atomic E-state index is 13.7. The van der Waals surface area contributed by atoms with E-state index in [0.29, 0.717) is 38.5 Å². The minimum Gasteiger partial charge on any atom is -0.497 e. The van der Waals surface area contributed by atoms with E-state index in [1.165, 1.54) is 12.8 Å². The summed E-state index contributed by atoms with van der Waals surface area (Å²) in [5.41, 5.74) is 2.19. The summed E-state index contributed by atoms with van der Waals surface area (Å²) in [7, 11) is 1.65. The van der Waals surface area contributed by atoms with Gasteiger partial charge in [-0.1, -0.05) is 55.3 Å². The van der Waals surface area contributed by atoms with Crippen LogP contribution in [-0.2, 0) is 16.1 Å². The van der Waals surface area contributed by atoms with E-state index in [4.69, 9.17) is 4.74 Å². The molecule has 1 heterocycles. The first-order valence-electron chi connectivity index (χ1n) is 11.4. The molecule has 1 saturated heterocycles. The molecule has 2 amide bonds. The van der Waals surface area contributed by atoms with Gasteiger partial charge in [0.15, 0.2) is 0 Å². The summed E-state index contributed by atoms with van der Waals surface area (Å²) >= 11 is 0. The van der Waals surface area contributed by atoms with E-state index in [9.17, 15) is 9.59 Å². The first-order valence-corrected chi connectivity index (χ1v) is 11.4. The number of nitrogens with zero attached hydrogens (tertiary/aromatic N) is 2. The number of carbonyl (C=O) groups excluding carboxylic acids is 2. The van der Waals surface area contributed by atoms with Gasteiger partial charge < -0.3 is 14.5 Å². The second-order valence-electron chi connectivity index (χ2n) is 8.67. The van der Waals surface area contributed by atoms with Gasteiger partial charge in [-0.2, -0.15) is 0 Å². The molecule has 0 N–H and O–H groups in total. The molecule has 0 radical (unpaired) electrons. The first-order chi connectivity index (χ1) is 15.2. The van der Waals surface area contributed by atoms with Gasteiger partial charge in [-0.05, 0) is 42.0 Å². The Labute approximate surface area is 185 Å². The zero-order valence-corrected chi connectivity index (χ0v) is 18.3. The molecular formula is C26H32N2O3. The van der Waals surface area contributed by atoms with Crippen LogP contribution < -0.4 is 4.74 Å². The minimum atomic E-state index is -0.0908. The van der Waals surface area contributed by atoms with Gasteiger partial charge in [0.1, 0.15) is 5.75 Å². The van der Waals surface area contributed by atoms with E-state index in [0.717, 1.165) is 29.7 Å². The van der Waals surface area contributed by atoms with Crippen molar-refractivity contribution in [2.45, 2.75) is 44.6 Å². The third kappa shape index (κ3) is 5.09. The molecule has 1 unspecified atom stereocenters.